The Balaban J connectivity index is 1.97. The SMILES string of the molecule is CC(OCC1CO1)c1ccc(F)c(F)c1. The van der Waals surface area contributed by atoms with Crippen LogP contribution in [0.4, 0.5) is 8.78 Å². The molecule has 0 amide bonds. The zero-order valence-corrected chi connectivity index (χ0v) is 8.37. The van der Waals surface area contributed by atoms with Gasteiger partial charge in [0.15, 0.2) is 11.6 Å². The Morgan fingerprint density at radius 3 is 2.80 bits per heavy atom. The molecular weight excluding hydrogens is 202 g/mol. The molecule has 4 heteroatoms. The Bertz CT molecular complexity index is 350. The van der Waals surface area contributed by atoms with Crippen LogP contribution in [0.2, 0.25) is 0 Å². The Hall–Kier alpha value is -1.00. The van der Waals surface area contributed by atoms with Gasteiger partial charge in [0.25, 0.3) is 0 Å². The molecule has 1 saturated heterocycles. The van der Waals surface area contributed by atoms with Crippen LogP contribution in [0.15, 0.2) is 18.2 Å². The number of hydrogen-bond donors (Lipinski definition) is 0. The van der Waals surface area contributed by atoms with Crippen molar-refractivity contribution in [1.29, 1.82) is 0 Å². The molecule has 15 heavy (non-hydrogen) atoms. The maximum absolute atomic E-state index is 12.9. The van der Waals surface area contributed by atoms with Crippen LogP contribution in [0.1, 0.15) is 18.6 Å². The van der Waals surface area contributed by atoms with Gasteiger partial charge in [-0.15, -0.1) is 0 Å². The second-order valence-electron chi connectivity index (χ2n) is 3.60. The van der Waals surface area contributed by atoms with Crippen LogP contribution < -0.4 is 0 Å². The first-order valence-corrected chi connectivity index (χ1v) is 4.85. The summed E-state index contributed by atoms with van der Waals surface area (Å²) >= 11 is 0. The Morgan fingerprint density at radius 1 is 1.47 bits per heavy atom. The largest absolute Gasteiger partial charge is 0.371 e. The minimum atomic E-state index is -0.842. The molecule has 0 aliphatic carbocycles. The van der Waals surface area contributed by atoms with Crippen LogP contribution in [0.3, 0.4) is 0 Å². The predicted octanol–water partition coefficient (Wildman–Crippen LogP) is 2.44. The summed E-state index contributed by atoms with van der Waals surface area (Å²) in [5, 5.41) is 0. The van der Waals surface area contributed by atoms with Crippen LogP contribution >= 0.6 is 0 Å². The summed E-state index contributed by atoms with van der Waals surface area (Å²) in [5.74, 6) is -1.68. The van der Waals surface area contributed by atoms with E-state index >= 15 is 0 Å². The third-order valence-corrected chi connectivity index (χ3v) is 2.35. The number of hydrogen-bond acceptors (Lipinski definition) is 2. The molecule has 1 aromatic carbocycles. The van der Waals surface area contributed by atoms with Crippen molar-refractivity contribution >= 4 is 0 Å². The minimum Gasteiger partial charge on any atom is -0.371 e. The Labute approximate surface area is 86.8 Å². The zero-order chi connectivity index (χ0) is 10.8. The lowest BCUT2D eigenvalue weighted by Crippen LogP contribution is -2.06. The molecule has 0 radical (unpaired) electrons. The number of halogens is 2. The van der Waals surface area contributed by atoms with E-state index in [4.69, 9.17) is 9.47 Å². The molecule has 0 N–H and O–H groups in total. The summed E-state index contributed by atoms with van der Waals surface area (Å²) in [6.07, 6.45) is -0.0676. The van der Waals surface area contributed by atoms with E-state index in [0.29, 0.717) is 12.2 Å². The molecule has 0 bridgehead atoms. The minimum absolute atomic E-state index is 0.178. The van der Waals surface area contributed by atoms with Crippen molar-refractivity contribution in [1.82, 2.24) is 0 Å². The molecule has 2 rings (SSSR count). The van der Waals surface area contributed by atoms with Crippen molar-refractivity contribution in [2.45, 2.75) is 19.1 Å². The van der Waals surface area contributed by atoms with E-state index in [-0.39, 0.29) is 12.2 Å². The highest BCUT2D eigenvalue weighted by atomic mass is 19.2. The van der Waals surface area contributed by atoms with Gasteiger partial charge in [-0.3, -0.25) is 0 Å². The van der Waals surface area contributed by atoms with E-state index in [1.165, 1.54) is 6.07 Å². The smallest absolute Gasteiger partial charge is 0.159 e. The Morgan fingerprint density at radius 2 is 2.20 bits per heavy atom. The molecule has 2 nitrogen and oxygen atoms in total. The lowest BCUT2D eigenvalue weighted by molar-refractivity contribution is 0.0537. The van der Waals surface area contributed by atoms with E-state index < -0.39 is 11.6 Å². The van der Waals surface area contributed by atoms with Crippen molar-refractivity contribution in [2.24, 2.45) is 0 Å². The van der Waals surface area contributed by atoms with Gasteiger partial charge in [0, 0.05) is 0 Å². The average Bonchev–Trinajstić information content (AvgIpc) is 3.02. The molecule has 0 spiro atoms. The second-order valence-corrected chi connectivity index (χ2v) is 3.60. The van der Waals surface area contributed by atoms with E-state index in [9.17, 15) is 8.78 Å². The van der Waals surface area contributed by atoms with E-state index in [1.807, 2.05) is 0 Å². The Kier molecular flexibility index (Phi) is 2.98. The molecule has 1 heterocycles. The molecule has 2 unspecified atom stereocenters. The highest BCUT2D eigenvalue weighted by molar-refractivity contribution is 5.19. The predicted molar refractivity (Wildman–Crippen MR) is 50.5 cm³/mol. The van der Waals surface area contributed by atoms with Crippen LogP contribution in [-0.2, 0) is 9.47 Å². The van der Waals surface area contributed by atoms with E-state index in [1.54, 1.807) is 6.92 Å². The van der Waals surface area contributed by atoms with Crippen molar-refractivity contribution in [3.63, 3.8) is 0 Å². The van der Waals surface area contributed by atoms with Crippen molar-refractivity contribution in [2.75, 3.05) is 13.2 Å². The van der Waals surface area contributed by atoms with Crippen LogP contribution in [0.5, 0.6) is 0 Å². The van der Waals surface area contributed by atoms with Gasteiger partial charge in [0.1, 0.15) is 6.10 Å². The van der Waals surface area contributed by atoms with E-state index in [0.717, 1.165) is 18.7 Å². The fraction of sp³-hybridized carbons (Fsp3) is 0.455. The zero-order valence-electron chi connectivity index (χ0n) is 8.37. The van der Waals surface area contributed by atoms with Gasteiger partial charge in [-0.1, -0.05) is 6.07 Å². The molecule has 1 aromatic rings. The molecule has 0 saturated carbocycles. The molecule has 82 valence electrons. The first-order chi connectivity index (χ1) is 7.16. The highest BCUT2D eigenvalue weighted by Crippen LogP contribution is 2.21. The number of epoxide rings is 1. The summed E-state index contributed by atoms with van der Waals surface area (Å²) in [4.78, 5) is 0. The second kappa shape index (κ2) is 4.24. The normalized spacial score (nSPS) is 21.4. The molecule has 1 aliphatic heterocycles. The fourth-order valence-corrected chi connectivity index (χ4v) is 1.28. The first-order valence-electron chi connectivity index (χ1n) is 4.85. The lowest BCUT2D eigenvalue weighted by Gasteiger charge is -2.12. The molecule has 2 atom stereocenters. The van der Waals surface area contributed by atoms with Crippen molar-refractivity contribution < 1.29 is 18.3 Å². The maximum Gasteiger partial charge on any atom is 0.159 e. The summed E-state index contributed by atoms with van der Waals surface area (Å²) in [6, 6.07) is 3.79. The third-order valence-electron chi connectivity index (χ3n) is 2.35. The van der Waals surface area contributed by atoms with Crippen molar-refractivity contribution in [3.05, 3.63) is 35.4 Å². The molecule has 1 aliphatic rings. The summed E-state index contributed by atoms with van der Waals surface area (Å²) in [7, 11) is 0. The standard InChI is InChI=1S/C11H12F2O2/c1-7(14-5-9-6-15-9)8-2-3-10(12)11(13)4-8/h2-4,7,9H,5-6H2,1H3. The molecule has 0 aromatic heterocycles. The van der Waals surface area contributed by atoms with Gasteiger partial charge in [0.05, 0.1) is 19.3 Å². The van der Waals surface area contributed by atoms with Crippen LogP contribution in [0, 0.1) is 11.6 Å². The van der Waals surface area contributed by atoms with Gasteiger partial charge in [0.2, 0.25) is 0 Å². The quantitative estimate of drug-likeness (QED) is 0.718. The van der Waals surface area contributed by atoms with Gasteiger partial charge in [-0.25, -0.2) is 8.78 Å². The fourth-order valence-electron chi connectivity index (χ4n) is 1.28. The monoisotopic (exact) mass is 214 g/mol. The highest BCUT2D eigenvalue weighted by Gasteiger charge is 2.23. The van der Waals surface area contributed by atoms with Gasteiger partial charge in [-0.05, 0) is 24.6 Å². The maximum atomic E-state index is 12.9. The summed E-state index contributed by atoms with van der Waals surface area (Å²) < 4.78 is 36.0. The van der Waals surface area contributed by atoms with Crippen LogP contribution in [-0.4, -0.2) is 19.3 Å². The molecular formula is C11H12F2O2. The lowest BCUT2D eigenvalue weighted by atomic mass is 10.1. The number of ether oxygens (including phenoxy) is 2. The summed E-state index contributed by atoms with van der Waals surface area (Å²) in [5.41, 5.74) is 0.634. The topological polar surface area (TPSA) is 21.8 Å². The number of benzene rings is 1. The third kappa shape index (κ3) is 2.73. The van der Waals surface area contributed by atoms with Crippen LogP contribution in [0.25, 0.3) is 0 Å². The molecule has 1 fully saturated rings. The van der Waals surface area contributed by atoms with Crippen molar-refractivity contribution in [3.8, 4) is 0 Å². The van der Waals surface area contributed by atoms with Gasteiger partial charge >= 0.3 is 0 Å². The van der Waals surface area contributed by atoms with E-state index in [2.05, 4.69) is 0 Å². The van der Waals surface area contributed by atoms with Gasteiger partial charge < -0.3 is 9.47 Å². The van der Waals surface area contributed by atoms with Gasteiger partial charge in [-0.2, -0.15) is 0 Å². The number of rotatable bonds is 4. The first kappa shape index (κ1) is 10.5. The average molecular weight is 214 g/mol. The summed E-state index contributed by atoms with van der Waals surface area (Å²) in [6.45, 7) is 3.03.